The van der Waals surface area contributed by atoms with Gasteiger partial charge in [-0.2, -0.15) is 4.57 Å². The van der Waals surface area contributed by atoms with E-state index in [2.05, 4.69) is 4.74 Å². The smallest absolute Gasteiger partial charge is 0.438 e. The van der Waals surface area contributed by atoms with Crippen molar-refractivity contribution in [1.82, 2.24) is 9.13 Å². The summed E-state index contributed by atoms with van der Waals surface area (Å²) in [6, 6.07) is 7.81. The van der Waals surface area contributed by atoms with Crippen molar-refractivity contribution in [1.29, 1.82) is 0 Å². The van der Waals surface area contributed by atoms with E-state index in [1.165, 1.54) is 17.9 Å². The first-order valence-electron chi connectivity index (χ1n) is 8.45. The van der Waals surface area contributed by atoms with Crippen molar-refractivity contribution in [3.63, 3.8) is 0 Å². The molecule has 3 rings (SSSR count). The zero-order chi connectivity index (χ0) is 20.3. The van der Waals surface area contributed by atoms with Gasteiger partial charge in [-0.1, -0.05) is 30.4 Å². The fourth-order valence-corrected chi connectivity index (χ4v) is 3.53. The highest BCUT2D eigenvalue weighted by molar-refractivity contribution is 14.1. The largest absolute Gasteiger partial charge is 0.507 e. The van der Waals surface area contributed by atoms with Gasteiger partial charge in [0.2, 0.25) is 0 Å². The molecule has 0 aliphatic heterocycles. The van der Waals surface area contributed by atoms with Gasteiger partial charge in [-0.15, -0.1) is 0 Å². The lowest BCUT2D eigenvalue weighted by atomic mass is 10.1. The van der Waals surface area contributed by atoms with Crippen molar-refractivity contribution in [2.45, 2.75) is 12.5 Å². The number of halogens is 1. The quantitative estimate of drug-likeness (QED) is 0.366. The van der Waals surface area contributed by atoms with Crippen LogP contribution in [0.4, 0.5) is 4.79 Å². The number of hydrogen-bond acceptors (Lipinski definition) is 6. The van der Waals surface area contributed by atoms with Crippen molar-refractivity contribution in [3.05, 3.63) is 78.7 Å². The SMILES string of the molecule is COC(=O)OC[C@@H]1C=CC(n2cc(I)c(=O)n(C(=O)c3ccccc3)c2=O)C1. The van der Waals surface area contributed by atoms with Crippen LogP contribution in [0.2, 0.25) is 0 Å². The van der Waals surface area contributed by atoms with Gasteiger partial charge < -0.3 is 9.47 Å². The fourth-order valence-electron chi connectivity index (χ4n) is 2.98. The summed E-state index contributed by atoms with van der Waals surface area (Å²) in [5.74, 6) is -0.769. The lowest BCUT2D eigenvalue weighted by Gasteiger charge is -2.16. The van der Waals surface area contributed by atoms with Gasteiger partial charge in [-0.05, 0) is 41.1 Å². The average Bonchev–Trinajstić information content (AvgIpc) is 3.18. The van der Waals surface area contributed by atoms with Crippen LogP contribution in [0, 0.1) is 9.49 Å². The minimum Gasteiger partial charge on any atom is -0.438 e. The second kappa shape index (κ2) is 8.55. The highest BCUT2D eigenvalue weighted by atomic mass is 127. The molecule has 1 heterocycles. The Morgan fingerprint density at radius 2 is 1.89 bits per heavy atom. The Morgan fingerprint density at radius 1 is 1.18 bits per heavy atom. The van der Waals surface area contributed by atoms with Crippen LogP contribution in [0.15, 0.2) is 58.3 Å². The summed E-state index contributed by atoms with van der Waals surface area (Å²) in [5, 5.41) is 0. The molecule has 9 heteroatoms. The minimum atomic E-state index is -0.773. The zero-order valence-electron chi connectivity index (χ0n) is 14.9. The first-order chi connectivity index (χ1) is 13.4. The monoisotopic (exact) mass is 496 g/mol. The molecule has 2 aromatic rings. The van der Waals surface area contributed by atoms with Gasteiger partial charge in [-0.25, -0.2) is 9.59 Å². The lowest BCUT2D eigenvalue weighted by Crippen LogP contribution is -2.45. The maximum atomic E-state index is 12.9. The molecular weight excluding hydrogens is 479 g/mol. The van der Waals surface area contributed by atoms with Crippen molar-refractivity contribution < 1.29 is 19.1 Å². The summed E-state index contributed by atoms with van der Waals surface area (Å²) in [5.41, 5.74) is -1.10. The number of benzene rings is 1. The molecule has 0 saturated carbocycles. The molecule has 1 unspecified atom stereocenters. The molecule has 8 nitrogen and oxygen atoms in total. The van der Waals surface area contributed by atoms with E-state index in [-0.39, 0.29) is 27.7 Å². The van der Waals surface area contributed by atoms with E-state index >= 15 is 0 Å². The second-order valence-electron chi connectivity index (χ2n) is 6.19. The molecule has 146 valence electrons. The number of carbonyl (C=O) groups excluding carboxylic acids is 2. The molecule has 1 aromatic heterocycles. The van der Waals surface area contributed by atoms with Crippen LogP contribution in [0.5, 0.6) is 0 Å². The van der Waals surface area contributed by atoms with Crippen LogP contribution >= 0.6 is 22.6 Å². The third-order valence-electron chi connectivity index (χ3n) is 4.38. The Hall–Kier alpha value is -2.69. The van der Waals surface area contributed by atoms with Crippen LogP contribution in [-0.4, -0.2) is 34.9 Å². The number of methoxy groups -OCH3 is 1. The number of ether oxygens (including phenoxy) is 2. The Bertz CT molecular complexity index is 1040. The van der Waals surface area contributed by atoms with E-state index in [0.717, 1.165) is 0 Å². The van der Waals surface area contributed by atoms with Gasteiger partial charge in [0.05, 0.1) is 16.7 Å². The summed E-state index contributed by atoms with van der Waals surface area (Å²) in [4.78, 5) is 49.3. The number of allylic oxidation sites excluding steroid dienone is 1. The van der Waals surface area contributed by atoms with Gasteiger partial charge in [0.25, 0.3) is 11.5 Å². The van der Waals surface area contributed by atoms with Gasteiger partial charge in [0, 0.05) is 17.7 Å². The molecule has 0 bridgehead atoms. The van der Waals surface area contributed by atoms with E-state index in [0.29, 0.717) is 11.0 Å². The van der Waals surface area contributed by atoms with Gasteiger partial charge in [0.1, 0.15) is 6.61 Å². The maximum absolute atomic E-state index is 12.9. The molecule has 28 heavy (non-hydrogen) atoms. The standard InChI is InChI=1S/C19H17IN2O6/c1-27-19(26)28-11-12-7-8-14(9-12)21-10-15(20)17(24)22(18(21)25)16(23)13-5-3-2-4-6-13/h2-8,10,12,14H,9,11H2,1H3/t12-,14?/m1/s1. The van der Waals surface area contributed by atoms with Gasteiger partial charge in [-0.3, -0.25) is 14.2 Å². The number of hydrogen-bond donors (Lipinski definition) is 0. The predicted molar refractivity (Wildman–Crippen MR) is 108 cm³/mol. The van der Waals surface area contributed by atoms with E-state index < -0.39 is 23.3 Å². The van der Waals surface area contributed by atoms with Crippen LogP contribution in [0.25, 0.3) is 0 Å². The molecule has 0 radical (unpaired) electrons. The van der Waals surface area contributed by atoms with Crippen molar-refractivity contribution in [2.75, 3.05) is 13.7 Å². The summed E-state index contributed by atoms with van der Waals surface area (Å²) in [7, 11) is 1.23. The highest BCUT2D eigenvalue weighted by Crippen LogP contribution is 2.27. The molecule has 1 aliphatic carbocycles. The van der Waals surface area contributed by atoms with E-state index in [1.807, 2.05) is 28.7 Å². The average molecular weight is 496 g/mol. The zero-order valence-corrected chi connectivity index (χ0v) is 17.1. The second-order valence-corrected chi connectivity index (χ2v) is 7.35. The van der Waals surface area contributed by atoms with Gasteiger partial charge >= 0.3 is 11.8 Å². The Kier molecular flexibility index (Phi) is 6.12. The summed E-state index contributed by atoms with van der Waals surface area (Å²) < 4.78 is 11.6. The van der Waals surface area contributed by atoms with Crippen LogP contribution < -0.4 is 11.2 Å². The first kappa shape index (κ1) is 20.1. The summed E-state index contributed by atoms with van der Waals surface area (Å²) >= 11 is 1.81. The van der Waals surface area contributed by atoms with E-state index in [9.17, 15) is 19.2 Å². The van der Waals surface area contributed by atoms with E-state index in [4.69, 9.17) is 4.74 Å². The molecule has 0 fully saturated rings. The summed E-state index contributed by atoms with van der Waals surface area (Å²) in [6.45, 7) is 0.119. The van der Waals surface area contributed by atoms with Crippen molar-refractivity contribution >= 4 is 34.7 Å². The normalized spacial score (nSPS) is 18.1. The molecule has 2 atom stereocenters. The fraction of sp³-hybridized carbons (Fsp3) is 0.263. The van der Waals surface area contributed by atoms with Crippen LogP contribution in [-0.2, 0) is 9.47 Å². The topological polar surface area (TPSA) is 96.6 Å². The number of rotatable bonds is 4. The number of aromatic nitrogens is 2. The first-order valence-corrected chi connectivity index (χ1v) is 9.52. The maximum Gasteiger partial charge on any atom is 0.507 e. The lowest BCUT2D eigenvalue weighted by molar-refractivity contribution is 0.0640. The third kappa shape index (κ3) is 4.08. The molecule has 0 amide bonds. The van der Waals surface area contributed by atoms with Crippen LogP contribution in [0.3, 0.4) is 0 Å². The Labute approximate surface area is 173 Å². The summed E-state index contributed by atoms with van der Waals surface area (Å²) in [6.07, 6.45) is 4.79. The third-order valence-corrected chi connectivity index (χ3v) is 5.12. The number of carbonyl (C=O) groups is 2. The van der Waals surface area contributed by atoms with Crippen LogP contribution in [0.1, 0.15) is 22.8 Å². The molecule has 1 aromatic carbocycles. The van der Waals surface area contributed by atoms with E-state index in [1.54, 1.807) is 36.4 Å². The Balaban J connectivity index is 1.90. The predicted octanol–water partition coefficient (Wildman–Crippen LogP) is 2.20. The number of nitrogens with zero attached hydrogens (tertiary/aromatic N) is 2. The molecule has 0 spiro atoms. The molecule has 0 N–H and O–H groups in total. The minimum absolute atomic E-state index is 0.0983. The molecule has 1 aliphatic rings. The molecular formula is C19H17IN2O6. The Morgan fingerprint density at radius 3 is 2.57 bits per heavy atom. The molecule has 0 saturated heterocycles. The van der Waals surface area contributed by atoms with Crippen molar-refractivity contribution in [2.24, 2.45) is 5.92 Å². The van der Waals surface area contributed by atoms with Crippen molar-refractivity contribution in [3.8, 4) is 0 Å². The van der Waals surface area contributed by atoms with Gasteiger partial charge in [0.15, 0.2) is 0 Å². The highest BCUT2D eigenvalue weighted by Gasteiger charge is 2.26.